The van der Waals surface area contributed by atoms with Crippen LogP contribution in [0.5, 0.6) is 0 Å². The van der Waals surface area contributed by atoms with Crippen molar-refractivity contribution >= 4 is 23.4 Å². The summed E-state index contributed by atoms with van der Waals surface area (Å²) in [7, 11) is 7.29. The predicted octanol–water partition coefficient (Wildman–Crippen LogP) is -0.182. The first-order valence-electron chi connectivity index (χ1n) is 9.51. The van der Waals surface area contributed by atoms with Crippen LogP contribution in [0.15, 0.2) is 0 Å². The number of rotatable bonds is 10. The smallest absolute Gasteiger partial charge is 0.388 e. The monoisotopic (exact) mass is 417 g/mol. The normalized spacial score (nSPS) is 38.4. The molecule has 4 radical (unpaired) electrons. The number of aliphatic hydroxyl groups excluding tert-OH is 1. The van der Waals surface area contributed by atoms with Crippen LogP contribution in [0.4, 0.5) is 0 Å². The molecule has 9 nitrogen and oxygen atoms in total. The van der Waals surface area contributed by atoms with Crippen molar-refractivity contribution in [3.63, 3.8) is 0 Å². The second-order valence-corrected chi connectivity index (χ2v) is 9.22. The van der Waals surface area contributed by atoms with Crippen LogP contribution in [-0.4, -0.2) is 93.6 Å². The van der Waals surface area contributed by atoms with Crippen molar-refractivity contribution in [1.82, 2.24) is 5.09 Å². The molecule has 12 heteroatoms. The van der Waals surface area contributed by atoms with Crippen molar-refractivity contribution in [1.29, 1.82) is 0 Å². The highest BCUT2D eigenvalue weighted by molar-refractivity contribution is 7.50. The third kappa shape index (κ3) is 7.07. The van der Waals surface area contributed by atoms with Gasteiger partial charge in [0.15, 0.2) is 0 Å². The number of hydrogen-bond acceptors (Lipinski definition) is 7. The Hall–Kier alpha value is 0.0399. The van der Waals surface area contributed by atoms with E-state index in [0.717, 1.165) is 0 Å². The van der Waals surface area contributed by atoms with Gasteiger partial charge < -0.3 is 28.9 Å². The minimum absolute atomic E-state index is 0.00806. The summed E-state index contributed by atoms with van der Waals surface area (Å²) in [5.74, 6) is 0. The van der Waals surface area contributed by atoms with Gasteiger partial charge >= 0.3 is 7.75 Å². The van der Waals surface area contributed by atoms with Gasteiger partial charge in [-0.2, -0.15) is 0 Å². The molecule has 0 bridgehead atoms. The van der Waals surface area contributed by atoms with Crippen LogP contribution in [0.3, 0.4) is 0 Å². The van der Waals surface area contributed by atoms with E-state index in [1.165, 1.54) is 0 Å². The Morgan fingerprint density at radius 1 is 1.14 bits per heavy atom. The molecule has 2 aliphatic heterocycles. The van der Waals surface area contributed by atoms with Crippen LogP contribution in [-0.2, 0) is 28.0 Å². The van der Waals surface area contributed by atoms with E-state index >= 15 is 0 Å². The maximum atomic E-state index is 12.5. The molecule has 8 atom stereocenters. The van der Waals surface area contributed by atoms with E-state index < -0.39 is 50.2 Å². The van der Waals surface area contributed by atoms with E-state index in [2.05, 4.69) is 5.09 Å². The number of aliphatic hydroxyl groups is 1. The third-order valence-corrected chi connectivity index (χ3v) is 5.58. The molecular weight excluding hydrogens is 387 g/mol. The predicted molar refractivity (Wildman–Crippen MR) is 103 cm³/mol. The Morgan fingerprint density at radius 2 is 1.82 bits per heavy atom. The van der Waals surface area contributed by atoms with E-state index in [4.69, 9.17) is 39.2 Å². The Morgan fingerprint density at radius 3 is 2.43 bits per heavy atom. The summed E-state index contributed by atoms with van der Waals surface area (Å²) < 4.78 is 39.8. The van der Waals surface area contributed by atoms with E-state index in [1.54, 1.807) is 13.8 Å². The summed E-state index contributed by atoms with van der Waals surface area (Å²) in [6, 6.07) is -2.03. The SMILES string of the molecule is [B][C@@H]1O[C@H](COP(=O)(O)N[C@@H]2C[C@H]([B])O[C@@H]2COC(C)C)[C@H](OC(C)C)C1O. The lowest BCUT2D eigenvalue weighted by atomic mass is 9.93. The average Bonchev–Trinajstić information content (AvgIpc) is 3.04. The van der Waals surface area contributed by atoms with Crippen LogP contribution >= 0.6 is 7.75 Å². The molecule has 2 fully saturated rings. The van der Waals surface area contributed by atoms with Gasteiger partial charge in [-0.25, -0.2) is 9.65 Å². The minimum atomic E-state index is -4.20. The maximum Gasteiger partial charge on any atom is 0.403 e. The van der Waals surface area contributed by atoms with Gasteiger partial charge in [-0.1, -0.05) is 0 Å². The fourth-order valence-corrected chi connectivity index (χ4v) is 4.27. The maximum absolute atomic E-state index is 12.5. The molecule has 0 aromatic rings. The Balaban J connectivity index is 1.90. The zero-order valence-electron chi connectivity index (χ0n) is 16.8. The first-order chi connectivity index (χ1) is 13.0. The highest BCUT2D eigenvalue weighted by atomic mass is 31.2. The van der Waals surface area contributed by atoms with Crippen molar-refractivity contribution in [2.75, 3.05) is 13.2 Å². The molecule has 2 unspecified atom stereocenters. The zero-order valence-corrected chi connectivity index (χ0v) is 17.7. The molecule has 0 saturated carbocycles. The summed E-state index contributed by atoms with van der Waals surface area (Å²) in [5.41, 5.74) is 0. The first-order valence-corrected chi connectivity index (χ1v) is 11.1. The molecule has 0 aromatic carbocycles. The van der Waals surface area contributed by atoms with E-state index in [-0.39, 0.29) is 25.4 Å². The van der Waals surface area contributed by atoms with Gasteiger partial charge in [0.1, 0.15) is 34.0 Å². The molecule has 2 heterocycles. The van der Waals surface area contributed by atoms with E-state index in [1.807, 2.05) is 13.8 Å². The number of ether oxygens (including phenoxy) is 4. The quantitative estimate of drug-likeness (QED) is 0.329. The van der Waals surface area contributed by atoms with Crippen molar-refractivity contribution < 1.29 is 38.0 Å². The van der Waals surface area contributed by atoms with Gasteiger partial charge in [-0.15, -0.1) is 0 Å². The van der Waals surface area contributed by atoms with Crippen LogP contribution in [0.25, 0.3) is 0 Å². The van der Waals surface area contributed by atoms with Crippen LogP contribution in [0.2, 0.25) is 0 Å². The van der Waals surface area contributed by atoms with Gasteiger partial charge in [-0.3, -0.25) is 4.52 Å². The lowest BCUT2D eigenvalue weighted by Crippen LogP contribution is -2.40. The molecule has 28 heavy (non-hydrogen) atoms. The van der Waals surface area contributed by atoms with Gasteiger partial charge in [0.05, 0.1) is 31.5 Å². The lowest BCUT2D eigenvalue weighted by molar-refractivity contribution is -0.0758. The molecule has 0 spiro atoms. The highest BCUT2D eigenvalue weighted by Crippen LogP contribution is 2.41. The summed E-state index contributed by atoms with van der Waals surface area (Å²) in [5, 5.41) is 12.7. The Labute approximate surface area is 169 Å². The summed E-state index contributed by atoms with van der Waals surface area (Å²) in [6.07, 6.45) is -2.93. The second-order valence-electron chi connectivity index (χ2n) is 7.66. The summed E-state index contributed by atoms with van der Waals surface area (Å²) in [6.45, 7) is 7.32. The lowest BCUT2D eigenvalue weighted by Gasteiger charge is -2.26. The highest BCUT2D eigenvalue weighted by Gasteiger charge is 2.44. The number of nitrogens with one attached hydrogen (secondary N) is 1. The van der Waals surface area contributed by atoms with Gasteiger partial charge in [-0.05, 0) is 34.1 Å². The fourth-order valence-electron chi connectivity index (χ4n) is 3.16. The molecule has 2 rings (SSSR count). The molecule has 0 amide bonds. The van der Waals surface area contributed by atoms with Crippen molar-refractivity contribution in [3.8, 4) is 0 Å². The van der Waals surface area contributed by atoms with Crippen molar-refractivity contribution in [3.05, 3.63) is 0 Å². The summed E-state index contributed by atoms with van der Waals surface area (Å²) in [4.78, 5) is 10.2. The first kappa shape index (κ1) is 24.3. The standard InChI is InChI=1S/C16H30B2NO8P/c1-8(2)23-6-11-10(5-13(17)26-11)19-28(21,22)24-7-12-15(25-9(3)4)14(20)16(18)27-12/h8-16,20H,5-7H2,1-4H3,(H2,19,21,22)/t10-,11-,12-,13-,14?,15+,16-/m1/s1. The minimum Gasteiger partial charge on any atom is -0.388 e. The molecular formula is C16H30B2NO8P. The fraction of sp³-hybridized carbons (Fsp3) is 1.00. The van der Waals surface area contributed by atoms with Gasteiger partial charge in [0.25, 0.3) is 0 Å². The molecule has 3 N–H and O–H groups in total. The van der Waals surface area contributed by atoms with Crippen molar-refractivity contribution in [2.45, 2.75) is 88.8 Å². The van der Waals surface area contributed by atoms with Gasteiger partial charge in [0, 0.05) is 18.0 Å². The van der Waals surface area contributed by atoms with E-state index in [9.17, 15) is 14.6 Å². The number of hydrogen-bond donors (Lipinski definition) is 3. The Bertz CT molecular complexity index is 543. The van der Waals surface area contributed by atoms with Gasteiger partial charge in [0.2, 0.25) is 0 Å². The average molecular weight is 417 g/mol. The summed E-state index contributed by atoms with van der Waals surface area (Å²) >= 11 is 0. The molecule has 2 saturated heterocycles. The Kier molecular flexibility index (Phi) is 9.01. The topological polar surface area (TPSA) is 116 Å². The van der Waals surface area contributed by atoms with E-state index in [0.29, 0.717) is 6.42 Å². The largest absolute Gasteiger partial charge is 0.403 e. The van der Waals surface area contributed by atoms with Crippen LogP contribution < -0.4 is 5.09 Å². The zero-order chi connectivity index (χ0) is 21.1. The molecule has 2 aliphatic rings. The van der Waals surface area contributed by atoms with Crippen LogP contribution in [0.1, 0.15) is 34.1 Å². The molecule has 0 aromatic heterocycles. The second kappa shape index (κ2) is 10.4. The molecule has 158 valence electrons. The molecule has 0 aliphatic carbocycles. The van der Waals surface area contributed by atoms with Crippen molar-refractivity contribution in [2.24, 2.45) is 0 Å². The third-order valence-electron chi connectivity index (χ3n) is 4.42. The van der Waals surface area contributed by atoms with Crippen LogP contribution in [0, 0.1) is 0 Å².